The number of carbonyl (C=O) groups excluding carboxylic acids is 1. The predicted molar refractivity (Wildman–Crippen MR) is 72.7 cm³/mol. The molecule has 1 aromatic rings. The maximum Gasteiger partial charge on any atom is 0.160 e. The van der Waals surface area contributed by atoms with Gasteiger partial charge in [0, 0.05) is 23.0 Å². The Balaban J connectivity index is 3.21. The van der Waals surface area contributed by atoms with Crippen LogP contribution in [0.25, 0.3) is 0 Å². The van der Waals surface area contributed by atoms with Crippen molar-refractivity contribution in [1.29, 1.82) is 0 Å². The number of ketones is 1. The monoisotopic (exact) mass is 227 g/mol. The Kier molecular flexibility index (Phi) is 4.58. The Morgan fingerprint density at radius 2 is 2.00 bits per heavy atom. The van der Waals surface area contributed by atoms with E-state index in [4.69, 9.17) is 0 Å². The van der Waals surface area contributed by atoms with Crippen molar-refractivity contribution in [2.75, 3.05) is 0 Å². The maximum absolute atomic E-state index is 11.6. The number of rotatable bonds is 4. The Morgan fingerprint density at radius 3 is 2.59 bits per heavy atom. The molecule has 0 amide bonds. The number of hydrogen-bond acceptors (Lipinski definition) is 2. The van der Waals surface area contributed by atoms with Crippen LogP contribution in [-0.2, 0) is 0 Å². The van der Waals surface area contributed by atoms with Crippen molar-refractivity contribution < 1.29 is 4.79 Å². The summed E-state index contributed by atoms with van der Waals surface area (Å²) in [6.07, 6.45) is 5.09. The SMILES string of the molecule is C=C/C=C\N=C(C)c1ccc(C)cc1C(C)=O. The number of carbonyl (C=O) groups is 1. The minimum atomic E-state index is 0.0611. The number of aryl methyl sites for hydroxylation is 1. The van der Waals surface area contributed by atoms with Gasteiger partial charge in [-0.15, -0.1) is 0 Å². The second kappa shape index (κ2) is 5.94. The van der Waals surface area contributed by atoms with Crippen molar-refractivity contribution in [1.82, 2.24) is 0 Å². The van der Waals surface area contributed by atoms with Crippen LogP contribution < -0.4 is 0 Å². The van der Waals surface area contributed by atoms with E-state index in [1.807, 2.05) is 32.0 Å². The molecule has 0 unspecified atom stereocenters. The van der Waals surface area contributed by atoms with Crippen LogP contribution in [0, 0.1) is 6.92 Å². The molecule has 88 valence electrons. The van der Waals surface area contributed by atoms with E-state index < -0.39 is 0 Å². The summed E-state index contributed by atoms with van der Waals surface area (Å²) in [5, 5.41) is 0. The zero-order chi connectivity index (χ0) is 12.8. The summed E-state index contributed by atoms with van der Waals surface area (Å²) in [4.78, 5) is 15.8. The first kappa shape index (κ1) is 13.1. The molecule has 0 atom stereocenters. The number of benzene rings is 1. The molecule has 0 spiro atoms. The topological polar surface area (TPSA) is 29.4 Å². The summed E-state index contributed by atoms with van der Waals surface area (Å²) >= 11 is 0. The third kappa shape index (κ3) is 3.52. The van der Waals surface area contributed by atoms with Gasteiger partial charge in [0.05, 0.1) is 0 Å². The van der Waals surface area contributed by atoms with E-state index in [1.54, 1.807) is 25.3 Å². The fraction of sp³-hybridized carbons (Fsp3) is 0.200. The first-order chi connectivity index (χ1) is 8.06. The predicted octanol–water partition coefficient (Wildman–Crippen LogP) is 3.71. The molecular formula is C15H17NO. The highest BCUT2D eigenvalue weighted by atomic mass is 16.1. The van der Waals surface area contributed by atoms with E-state index >= 15 is 0 Å². The Morgan fingerprint density at radius 1 is 1.29 bits per heavy atom. The lowest BCUT2D eigenvalue weighted by molar-refractivity contribution is 0.101. The summed E-state index contributed by atoms with van der Waals surface area (Å²) in [7, 11) is 0. The lowest BCUT2D eigenvalue weighted by Crippen LogP contribution is -2.05. The molecule has 0 heterocycles. The summed E-state index contributed by atoms with van der Waals surface area (Å²) in [6.45, 7) is 9.02. The minimum absolute atomic E-state index is 0.0611. The van der Waals surface area contributed by atoms with Crippen LogP contribution in [0.15, 0.2) is 48.1 Å². The zero-order valence-electron chi connectivity index (χ0n) is 10.5. The molecule has 0 N–H and O–H groups in total. The van der Waals surface area contributed by atoms with Gasteiger partial charge >= 0.3 is 0 Å². The van der Waals surface area contributed by atoms with Gasteiger partial charge in [-0.05, 0) is 32.9 Å². The molecule has 0 radical (unpaired) electrons. The van der Waals surface area contributed by atoms with E-state index in [-0.39, 0.29) is 5.78 Å². The summed E-state index contributed by atoms with van der Waals surface area (Å²) in [5.74, 6) is 0.0611. The van der Waals surface area contributed by atoms with Crippen LogP contribution >= 0.6 is 0 Å². The molecule has 0 fully saturated rings. The van der Waals surface area contributed by atoms with E-state index in [0.29, 0.717) is 0 Å². The highest BCUT2D eigenvalue weighted by molar-refractivity contribution is 6.09. The highest BCUT2D eigenvalue weighted by Gasteiger charge is 2.09. The van der Waals surface area contributed by atoms with E-state index in [9.17, 15) is 4.79 Å². The van der Waals surface area contributed by atoms with Gasteiger partial charge in [0.2, 0.25) is 0 Å². The molecule has 0 aromatic heterocycles. The molecule has 1 rings (SSSR count). The third-order valence-corrected chi connectivity index (χ3v) is 2.43. The molecule has 2 heteroatoms. The quantitative estimate of drug-likeness (QED) is 0.438. The van der Waals surface area contributed by atoms with Crippen molar-refractivity contribution in [2.24, 2.45) is 4.99 Å². The lowest BCUT2D eigenvalue weighted by Gasteiger charge is -2.07. The first-order valence-corrected chi connectivity index (χ1v) is 5.50. The van der Waals surface area contributed by atoms with Gasteiger partial charge in [-0.1, -0.05) is 30.4 Å². The van der Waals surface area contributed by atoms with Gasteiger partial charge in [0.25, 0.3) is 0 Å². The van der Waals surface area contributed by atoms with Crippen LogP contribution in [0.3, 0.4) is 0 Å². The van der Waals surface area contributed by atoms with Gasteiger partial charge in [0.1, 0.15) is 0 Å². The average Bonchev–Trinajstić information content (AvgIpc) is 2.29. The van der Waals surface area contributed by atoms with Crippen molar-refractivity contribution >= 4 is 11.5 Å². The largest absolute Gasteiger partial charge is 0.294 e. The fourth-order valence-corrected chi connectivity index (χ4v) is 1.55. The smallest absolute Gasteiger partial charge is 0.160 e. The molecular weight excluding hydrogens is 210 g/mol. The standard InChI is InChI=1S/C15H17NO/c1-5-6-9-16-12(3)14-8-7-11(2)10-15(14)13(4)17/h5-10H,1H2,2-4H3/b9-6-,16-12?. The second-order valence-electron chi connectivity index (χ2n) is 3.90. The maximum atomic E-state index is 11.6. The van der Waals surface area contributed by atoms with Crippen LogP contribution in [-0.4, -0.2) is 11.5 Å². The van der Waals surface area contributed by atoms with Gasteiger partial charge in [-0.25, -0.2) is 0 Å². The summed E-state index contributed by atoms with van der Waals surface area (Å²) in [6, 6.07) is 5.82. The minimum Gasteiger partial charge on any atom is -0.294 e. The first-order valence-electron chi connectivity index (χ1n) is 5.50. The molecule has 0 saturated heterocycles. The number of hydrogen-bond donors (Lipinski definition) is 0. The highest BCUT2D eigenvalue weighted by Crippen LogP contribution is 2.14. The van der Waals surface area contributed by atoms with E-state index in [0.717, 1.165) is 22.4 Å². The van der Waals surface area contributed by atoms with Crippen LogP contribution in [0.4, 0.5) is 0 Å². The van der Waals surface area contributed by atoms with Crippen molar-refractivity contribution in [2.45, 2.75) is 20.8 Å². The van der Waals surface area contributed by atoms with Crippen LogP contribution in [0.1, 0.15) is 35.3 Å². The third-order valence-electron chi connectivity index (χ3n) is 2.43. The molecule has 0 aliphatic carbocycles. The van der Waals surface area contributed by atoms with Crippen LogP contribution in [0.5, 0.6) is 0 Å². The lowest BCUT2D eigenvalue weighted by atomic mass is 9.98. The summed E-state index contributed by atoms with van der Waals surface area (Å²) < 4.78 is 0. The molecule has 17 heavy (non-hydrogen) atoms. The summed E-state index contributed by atoms with van der Waals surface area (Å²) in [5.41, 5.74) is 3.51. The molecule has 0 aliphatic rings. The number of Topliss-reactive ketones (excluding diaryl/α,β-unsaturated/α-hetero) is 1. The number of nitrogens with zero attached hydrogens (tertiary/aromatic N) is 1. The molecule has 2 nitrogen and oxygen atoms in total. The fourth-order valence-electron chi connectivity index (χ4n) is 1.55. The molecule has 0 aliphatic heterocycles. The number of aliphatic imine (C=N–C) groups is 1. The van der Waals surface area contributed by atoms with Gasteiger partial charge in [-0.2, -0.15) is 0 Å². The normalized spacial score (nSPS) is 11.8. The Hall–Kier alpha value is -1.96. The Bertz CT molecular complexity index is 496. The van der Waals surface area contributed by atoms with Crippen molar-refractivity contribution in [3.8, 4) is 0 Å². The molecule has 1 aromatic carbocycles. The Labute approximate surface area is 102 Å². The number of allylic oxidation sites excluding steroid dienone is 2. The van der Waals surface area contributed by atoms with Crippen molar-refractivity contribution in [3.63, 3.8) is 0 Å². The van der Waals surface area contributed by atoms with Gasteiger partial charge < -0.3 is 0 Å². The van der Waals surface area contributed by atoms with Crippen molar-refractivity contribution in [3.05, 3.63) is 59.8 Å². The van der Waals surface area contributed by atoms with E-state index in [1.165, 1.54) is 0 Å². The van der Waals surface area contributed by atoms with E-state index in [2.05, 4.69) is 11.6 Å². The van der Waals surface area contributed by atoms with Gasteiger partial charge in [0.15, 0.2) is 5.78 Å². The van der Waals surface area contributed by atoms with Crippen LogP contribution in [0.2, 0.25) is 0 Å². The second-order valence-corrected chi connectivity index (χ2v) is 3.90. The molecule has 0 bridgehead atoms. The van der Waals surface area contributed by atoms with Gasteiger partial charge in [-0.3, -0.25) is 9.79 Å². The average molecular weight is 227 g/mol. The molecule has 0 saturated carbocycles. The zero-order valence-corrected chi connectivity index (χ0v) is 10.5.